The van der Waals surface area contributed by atoms with E-state index in [4.69, 9.17) is 0 Å². The maximum absolute atomic E-state index is 12.3. The second-order valence-corrected chi connectivity index (χ2v) is 7.84. The molecule has 150 valence electrons. The number of carbonyl (C=O) groups excluding carboxylic acids is 2. The van der Waals surface area contributed by atoms with E-state index in [1.54, 1.807) is 6.33 Å². The van der Waals surface area contributed by atoms with Crippen LogP contribution in [0.1, 0.15) is 44.9 Å². The minimum Gasteiger partial charge on any atom is -0.354 e. The molecule has 1 aliphatic heterocycles. The molecule has 28 heavy (non-hydrogen) atoms. The fourth-order valence-electron chi connectivity index (χ4n) is 4.35. The number of hydrogen-bond donors (Lipinski definition) is 3. The Morgan fingerprint density at radius 3 is 2.86 bits per heavy atom. The molecule has 0 unspecified atom stereocenters. The number of aromatic nitrogens is 3. The van der Waals surface area contributed by atoms with E-state index in [-0.39, 0.29) is 30.3 Å². The van der Waals surface area contributed by atoms with Crippen LogP contribution in [0.4, 0.5) is 5.82 Å². The van der Waals surface area contributed by atoms with Crippen molar-refractivity contribution in [3.05, 3.63) is 18.6 Å². The molecule has 1 saturated carbocycles. The van der Waals surface area contributed by atoms with Crippen LogP contribution in [-0.4, -0.2) is 52.4 Å². The molecule has 2 aromatic rings. The number of aromatic amines is 1. The Labute approximate surface area is 164 Å². The lowest BCUT2D eigenvalue weighted by Crippen LogP contribution is -2.50. The fourth-order valence-corrected chi connectivity index (χ4v) is 4.35. The molecule has 1 atom stereocenters. The first kappa shape index (κ1) is 18.7. The Morgan fingerprint density at radius 1 is 1.14 bits per heavy atom. The standard InChI is InChI=1S/C20H28N6O2/c27-17(11-22-20(28)14-5-2-1-3-6-14)25-15-7-4-10-26(12-15)19-16-8-9-21-18(16)23-13-24-19/h8-9,13-15H,1-7,10-12H2,(H,22,28)(H,25,27)(H,21,23,24)/t15-/m1/s1. The van der Waals surface area contributed by atoms with Gasteiger partial charge in [0.05, 0.1) is 11.9 Å². The first-order chi connectivity index (χ1) is 13.7. The Kier molecular flexibility index (Phi) is 5.73. The van der Waals surface area contributed by atoms with E-state index >= 15 is 0 Å². The molecule has 8 heteroatoms. The van der Waals surface area contributed by atoms with E-state index in [1.807, 2.05) is 12.3 Å². The number of fused-ring (bicyclic) bond motifs is 1. The highest BCUT2D eigenvalue weighted by atomic mass is 16.2. The number of H-pyrrole nitrogens is 1. The molecule has 3 heterocycles. The largest absolute Gasteiger partial charge is 0.354 e. The lowest BCUT2D eigenvalue weighted by molar-refractivity contribution is -0.129. The van der Waals surface area contributed by atoms with Crippen LogP contribution in [0, 0.1) is 5.92 Å². The van der Waals surface area contributed by atoms with Gasteiger partial charge in [0.25, 0.3) is 0 Å². The topological polar surface area (TPSA) is 103 Å². The average Bonchev–Trinajstić information content (AvgIpc) is 3.22. The Morgan fingerprint density at radius 2 is 2.00 bits per heavy atom. The van der Waals surface area contributed by atoms with Gasteiger partial charge in [-0.05, 0) is 31.7 Å². The SMILES string of the molecule is O=C(CNC(=O)C1CCCCC1)N[C@@H]1CCCN(c2ncnc3[nH]ccc23)C1. The van der Waals surface area contributed by atoms with E-state index in [0.717, 1.165) is 61.9 Å². The molecule has 2 amide bonds. The predicted octanol–water partition coefficient (Wildman–Crippen LogP) is 1.74. The van der Waals surface area contributed by atoms with Gasteiger partial charge >= 0.3 is 0 Å². The third-order valence-corrected chi connectivity index (χ3v) is 5.82. The van der Waals surface area contributed by atoms with Gasteiger partial charge in [0, 0.05) is 31.2 Å². The highest BCUT2D eigenvalue weighted by Crippen LogP contribution is 2.25. The first-order valence-electron chi connectivity index (χ1n) is 10.3. The van der Waals surface area contributed by atoms with Crippen molar-refractivity contribution in [2.45, 2.75) is 51.0 Å². The Bertz CT molecular complexity index is 829. The molecule has 1 aliphatic carbocycles. The maximum atomic E-state index is 12.3. The van der Waals surface area contributed by atoms with Crippen LogP contribution in [0.3, 0.4) is 0 Å². The first-order valence-corrected chi connectivity index (χ1v) is 10.3. The van der Waals surface area contributed by atoms with Gasteiger partial charge < -0.3 is 20.5 Å². The summed E-state index contributed by atoms with van der Waals surface area (Å²) in [5.74, 6) is 0.880. The van der Waals surface area contributed by atoms with Gasteiger partial charge in [0.15, 0.2) is 0 Å². The van der Waals surface area contributed by atoms with Gasteiger partial charge in [-0.3, -0.25) is 9.59 Å². The lowest BCUT2D eigenvalue weighted by Gasteiger charge is -2.34. The third kappa shape index (κ3) is 4.26. The molecular weight excluding hydrogens is 356 g/mol. The summed E-state index contributed by atoms with van der Waals surface area (Å²) in [5, 5.41) is 6.88. The molecule has 2 aliphatic rings. The minimum atomic E-state index is -0.120. The summed E-state index contributed by atoms with van der Waals surface area (Å²) in [7, 11) is 0. The zero-order valence-electron chi connectivity index (χ0n) is 16.1. The van der Waals surface area contributed by atoms with Gasteiger partial charge in [0.2, 0.25) is 11.8 Å². The second kappa shape index (κ2) is 8.58. The fraction of sp³-hybridized carbons (Fsp3) is 0.600. The number of rotatable bonds is 5. The highest BCUT2D eigenvalue weighted by Gasteiger charge is 2.25. The molecule has 3 N–H and O–H groups in total. The quantitative estimate of drug-likeness (QED) is 0.729. The van der Waals surface area contributed by atoms with Crippen molar-refractivity contribution >= 4 is 28.7 Å². The van der Waals surface area contributed by atoms with Crippen LogP contribution in [0.5, 0.6) is 0 Å². The van der Waals surface area contributed by atoms with E-state index in [2.05, 4.69) is 30.5 Å². The summed E-state index contributed by atoms with van der Waals surface area (Å²) < 4.78 is 0. The van der Waals surface area contributed by atoms with Gasteiger partial charge in [-0.2, -0.15) is 0 Å². The van der Waals surface area contributed by atoms with Crippen LogP contribution in [-0.2, 0) is 9.59 Å². The smallest absolute Gasteiger partial charge is 0.239 e. The predicted molar refractivity (Wildman–Crippen MR) is 107 cm³/mol. The zero-order chi connectivity index (χ0) is 19.3. The molecule has 2 fully saturated rings. The van der Waals surface area contributed by atoms with Gasteiger partial charge in [-0.15, -0.1) is 0 Å². The molecular formula is C20H28N6O2. The molecule has 1 saturated heterocycles. The molecule has 0 spiro atoms. The van der Waals surface area contributed by atoms with Crippen molar-refractivity contribution in [2.75, 3.05) is 24.5 Å². The van der Waals surface area contributed by atoms with E-state index < -0.39 is 0 Å². The summed E-state index contributed by atoms with van der Waals surface area (Å²) >= 11 is 0. The second-order valence-electron chi connectivity index (χ2n) is 7.84. The van der Waals surface area contributed by atoms with Crippen LogP contribution in [0.15, 0.2) is 18.6 Å². The monoisotopic (exact) mass is 384 g/mol. The summed E-state index contributed by atoms with van der Waals surface area (Å²) in [6.07, 6.45) is 10.7. The summed E-state index contributed by atoms with van der Waals surface area (Å²) in [6.45, 7) is 1.67. The number of carbonyl (C=O) groups is 2. The molecule has 4 rings (SSSR count). The summed E-state index contributed by atoms with van der Waals surface area (Å²) in [6, 6.07) is 2.03. The van der Waals surface area contributed by atoms with Gasteiger partial charge in [-0.25, -0.2) is 9.97 Å². The highest BCUT2D eigenvalue weighted by molar-refractivity contribution is 5.88. The molecule has 8 nitrogen and oxygen atoms in total. The van der Waals surface area contributed by atoms with Crippen LogP contribution < -0.4 is 15.5 Å². The summed E-state index contributed by atoms with van der Waals surface area (Å²) in [5.41, 5.74) is 0.821. The number of piperidine rings is 1. The molecule has 0 aromatic carbocycles. The number of anilines is 1. The normalized spacial score (nSPS) is 20.9. The minimum absolute atomic E-state index is 0.0240. The average molecular weight is 384 g/mol. The van der Waals surface area contributed by atoms with Crippen molar-refractivity contribution in [3.8, 4) is 0 Å². The van der Waals surface area contributed by atoms with Crippen LogP contribution in [0.2, 0.25) is 0 Å². The van der Waals surface area contributed by atoms with Crippen LogP contribution >= 0.6 is 0 Å². The Hall–Kier alpha value is -2.64. The number of nitrogens with one attached hydrogen (secondary N) is 3. The van der Waals surface area contributed by atoms with E-state index in [1.165, 1.54) is 6.42 Å². The Balaban J connectivity index is 1.29. The third-order valence-electron chi connectivity index (χ3n) is 5.82. The number of hydrogen-bond acceptors (Lipinski definition) is 5. The van der Waals surface area contributed by atoms with Crippen LogP contribution in [0.25, 0.3) is 11.0 Å². The van der Waals surface area contributed by atoms with Gasteiger partial charge in [-0.1, -0.05) is 19.3 Å². The van der Waals surface area contributed by atoms with Crippen molar-refractivity contribution in [3.63, 3.8) is 0 Å². The molecule has 0 radical (unpaired) electrons. The number of nitrogens with zero attached hydrogens (tertiary/aromatic N) is 3. The lowest BCUT2D eigenvalue weighted by atomic mass is 9.89. The number of amides is 2. The molecule has 0 bridgehead atoms. The van der Waals surface area contributed by atoms with Gasteiger partial charge in [0.1, 0.15) is 17.8 Å². The van der Waals surface area contributed by atoms with E-state index in [0.29, 0.717) is 6.54 Å². The van der Waals surface area contributed by atoms with Crippen molar-refractivity contribution < 1.29 is 9.59 Å². The van der Waals surface area contributed by atoms with Crippen molar-refractivity contribution in [2.24, 2.45) is 5.92 Å². The van der Waals surface area contributed by atoms with Crippen molar-refractivity contribution in [1.29, 1.82) is 0 Å². The summed E-state index contributed by atoms with van der Waals surface area (Å²) in [4.78, 5) is 38.6. The zero-order valence-corrected chi connectivity index (χ0v) is 16.1. The maximum Gasteiger partial charge on any atom is 0.239 e. The van der Waals surface area contributed by atoms with E-state index in [9.17, 15) is 9.59 Å². The van der Waals surface area contributed by atoms with Crippen molar-refractivity contribution in [1.82, 2.24) is 25.6 Å². The molecule has 2 aromatic heterocycles.